The van der Waals surface area contributed by atoms with E-state index in [-0.39, 0.29) is 32.0 Å². The van der Waals surface area contributed by atoms with Crippen molar-refractivity contribution in [2.45, 2.75) is 148 Å². The molecular weight excluding hydrogens is 620 g/mol. The van der Waals surface area contributed by atoms with Gasteiger partial charge in [-0.2, -0.15) is 0 Å². The summed E-state index contributed by atoms with van der Waals surface area (Å²) in [4.78, 5) is 24.2. The normalized spacial score (nSPS) is 13.4. The molecule has 1 atom stereocenters. The average Bonchev–Trinajstić information content (AvgIpc) is 3.12. The van der Waals surface area contributed by atoms with Crippen LogP contribution in [0.4, 0.5) is 0 Å². The molecule has 5 heteroatoms. The first-order valence-corrected chi connectivity index (χ1v) is 19.4. The van der Waals surface area contributed by atoms with Crippen LogP contribution in [0, 0.1) is 0 Å². The zero-order valence-corrected chi connectivity index (χ0v) is 31.6. The molecule has 0 heterocycles. The van der Waals surface area contributed by atoms with Gasteiger partial charge >= 0.3 is 11.9 Å². The lowest BCUT2D eigenvalue weighted by Gasteiger charge is -2.15. The van der Waals surface area contributed by atoms with Crippen LogP contribution < -0.4 is 0 Å². The number of allylic oxidation sites excluding steroid dienone is 18. The van der Waals surface area contributed by atoms with Gasteiger partial charge in [-0.3, -0.25) is 9.59 Å². The summed E-state index contributed by atoms with van der Waals surface area (Å²) >= 11 is 0. The van der Waals surface area contributed by atoms with Gasteiger partial charge in [0.25, 0.3) is 0 Å². The number of unbranched alkanes of at least 4 members (excludes halogenated alkanes) is 7. The monoisotopic (exact) mass is 691 g/mol. The second-order valence-corrected chi connectivity index (χ2v) is 12.3. The molecule has 0 rings (SSSR count). The largest absolute Gasteiger partial charge is 0.462 e. The smallest absolute Gasteiger partial charge is 0.306 e. The number of esters is 2. The molecule has 280 valence electrons. The second-order valence-electron chi connectivity index (χ2n) is 12.3. The minimum absolute atomic E-state index is 0.135. The minimum Gasteiger partial charge on any atom is -0.462 e. The second kappa shape index (κ2) is 40.0. The van der Waals surface area contributed by atoms with Crippen molar-refractivity contribution in [1.82, 2.24) is 0 Å². The van der Waals surface area contributed by atoms with Gasteiger partial charge in [0.05, 0.1) is 6.61 Å². The number of carbonyl (C=O) groups excluding carboxylic acids is 2. The highest BCUT2D eigenvalue weighted by Crippen LogP contribution is 2.06. The zero-order chi connectivity index (χ0) is 36.4. The Bertz CT molecular complexity index is 1050. The Morgan fingerprint density at radius 1 is 0.460 bits per heavy atom. The molecule has 0 aliphatic heterocycles. The van der Waals surface area contributed by atoms with E-state index in [1.54, 1.807) is 0 Å². The molecule has 0 fully saturated rings. The summed E-state index contributed by atoms with van der Waals surface area (Å²) in [5.74, 6) is -0.766. The predicted octanol–water partition coefficient (Wildman–Crippen LogP) is 12.3. The standard InChI is InChI=1S/C45H70O5/c1-3-5-7-9-11-13-15-17-19-21-22-24-25-27-29-31-33-35-37-39-44(47)49-42-43(41-46)50-45(48)40-38-36-34-32-30-28-26-23-20-18-16-14-12-10-8-6-4-2/h11-14,17-20,22,24,26-29,32-35,43,46H,3-10,15-16,21,23,25,30-31,36-42H2,1-2H3. The number of hydrogen-bond donors (Lipinski definition) is 1. The van der Waals surface area contributed by atoms with E-state index in [9.17, 15) is 14.7 Å². The maximum Gasteiger partial charge on any atom is 0.306 e. The van der Waals surface area contributed by atoms with Gasteiger partial charge in [-0.15, -0.1) is 0 Å². The van der Waals surface area contributed by atoms with Crippen LogP contribution in [0.5, 0.6) is 0 Å². The number of ether oxygens (including phenoxy) is 2. The maximum atomic E-state index is 12.1. The highest BCUT2D eigenvalue weighted by Gasteiger charge is 2.15. The van der Waals surface area contributed by atoms with E-state index in [0.29, 0.717) is 12.8 Å². The molecule has 1 unspecified atom stereocenters. The first kappa shape index (κ1) is 46.6. The van der Waals surface area contributed by atoms with E-state index in [0.717, 1.165) is 51.4 Å². The van der Waals surface area contributed by atoms with Crippen molar-refractivity contribution >= 4 is 11.9 Å². The molecule has 0 radical (unpaired) electrons. The van der Waals surface area contributed by atoms with Gasteiger partial charge in [0, 0.05) is 12.8 Å². The molecule has 0 spiro atoms. The molecule has 0 aliphatic carbocycles. The van der Waals surface area contributed by atoms with E-state index in [1.807, 2.05) is 12.2 Å². The first-order valence-electron chi connectivity index (χ1n) is 19.4. The lowest BCUT2D eigenvalue weighted by atomic mass is 10.2. The molecule has 0 saturated carbocycles. The Morgan fingerprint density at radius 2 is 0.820 bits per heavy atom. The van der Waals surface area contributed by atoms with Gasteiger partial charge in [0.15, 0.2) is 6.10 Å². The summed E-state index contributed by atoms with van der Waals surface area (Å²) in [5.41, 5.74) is 0. The van der Waals surface area contributed by atoms with Gasteiger partial charge in [-0.25, -0.2) is 0 Å². The van der Waals surface area contributed by atoms with Crippen LogP contribution in [0.3, 0.4) is 0 Å². The predicted molar refractivity (Wildman–Crippen MR) is 214 cm³/mol. The summed E-state index contributed by atoms with van der Waals surface area (Å²) in [6.07, 6.45) is 57.3. The first-order chi connectivity index (χ1) is 24.6. The summed E-state index contributed by atoms with van der Waals surface area (Å²) < 4.78 is 10.5. The van der Waals surface area contributed by atoms with E-state index in [1.165, 1.54) is 51.4 Å². The van der Waals surface area contributed by atoms with Crippen molar-refractivity contribution in [3.63, 3.8) is 0 Å². The molecule has 0 amide bonds. The number of aliphatic hydroxyl groups is 1. The Kier molecular flexibility index (Phi) is 37.2. The molecule has 5 nitrogen and oxygen atoms in total. The molecule has 0 saturated heterocycles. The van der Waals surface area contributed by atoms with E-state index in [4.69, 9.17) is 9.47 Å². The fourth-order valence-corrected chi connectivity index (χ4v) is 4.59. The Balaban J connectivity index is 3.83. The van der Waals surface area contributed by atoms with Gasteiger partial charge in [0.1, 0.15) is 6.61 Å². The van der Waals surface area contributed by atoms with Gasteiger partial charge < -0.3 is 14.6 Å². The molecule has 0 aromatic carbocycles. The fraction of sp³-hybridized carbons (Fsp3) is 0.556. The lowest BCUT2D eigenvalue weighted by Crippen LogP contribution is -2.28. The summed E-state index contributed by atoms with van der Waals surface area (Å²) in [6.45, 7) is 3.94. The van der Waals surface area contributed by atoms with E-state index < -0.39 is 12.1 Å². The molecule has 1 N–H and O–H groups in total. The molecular formula is C45H70O5. The van der Waals surface area contributed by atoms with Crippen LogP contribution >= 0.6 is 0 Å². The Labute approximate surface area is 306 Å². The van der Waals surface area contributed by atoms with Crippen molar-refractivity contribution in [2.24, 2.45) is 0 Å². The third-order valence-corrected chi connectivity index (χ3v) is 7.55. The fourth-order valence-electron chi connectivity index (χ4n) is 4.59. The molecule has 0 bridgehead atoms. The van der Waals surface area contributed by atoms with Gasteiger partial charge in [-0.1, -0.05) is 149 Å². The van der Waals surface area contributed by atoms with Crippen molar-refractivity contribution < 1.29 is 24.2 Å². The van der Waals surface area contributed by atoms with Crippen LogP contribution in [-0.4, -0.2) is 36.4 Å². The topological polar surface area (TPSA) is 72.8 Å². The molecule has 0 aromatic rings. The van der Waals surface area contributed by atoms with Crippen LogP contribution in [0.25, 0.3) is 0 Å². The minimum atomic E-state index is -0.837. The number of rotatable bonds is 33. The van der Waals surface area contributed by atoms with E-state index >= 15 is 0 Å². The Morgan fingerprint density at radius 3 is 1.20 bits per heavy atom. The van der Waals surface area contributed by atoms with Crippen molar-refractivity contribution in [1.29, 1.82) is 0 Å². The van der Waals surface area contributed by atoms with Gasteiger partial charge in [0.2, 0.25) is 0 Å². The highest BCUT2D eigenvalue weighted by molar-refractivity contribution is 5.70. The van der Waals surface area contributed by atoms with Crippen molar-refractivity contribution in [2.75, 3.05) is 13.2 Å². The third-order valence-electron chi connectivity index (χ3n) is 7.55. The lowest BCUT2D eigenvalue weighted by molar-refractivity contribution is -0.161. The van der Waals surface area contributed by atoms with Crippen LogP contribution in [0.15, 0.2) is 109 Å². The van der Waals surface area contributed by atoms with Crippen molar-refractivity contribution in [3.8, 4) is 0 Å². The van der Waals surface area contributed by atoms with Gasteiger partial charge in [-0.05, 0) is 89.9 Å². The summed E-state index contributed by atoms with van der Waals surface area (Å²) in [5, 5.41) is 9.53. The SMILES string of the molecule is CCCCCC=CCC=CCC=CCC=CCC=CCCC(=O)OCC(CO)OC(=O)CCCC=CCC=CCC=CCC=CCCCCC. The van der Waals surface area contributed by atoms with Crippen LogP contribution in [-0.2, 0) is 19.1 Å². The molecule has 0 aromatic heterocycles. The average molecular weight is 691 g/mol. The summed E-state index contributed by atoms with van der Waals surface area (Å²) in [6, 6.07) is 0. The van der Waals surface area contributed by atoms with E-state index in [2.05, 4.69) is 111 Å². The number of hydrogen-bond acceptors (Lipinski definition) is 5. The molecule has 50 heavy (non-hydrogen) atoms. The van der Waals surface area contributed by atoms with Crippen LogP contribution in [0.1, 0.15) is 142 Å². The quantitative estimate of drug-likeness (QED) is 0.0421. The number of carbonyl (C=O) groups is 2. The highest BCUT2D eigenvalue weighted by atomic mass is 16.6. The van der Waals surface area contributed by atoms with Crippen molar-refractivity contribution in [3.05, 3.63) is 109 Å². The third kappa shape index (κ3) is 37.4. The maximum absolute atomic E-state index is 12.1. The zero-order valence-electron chi connectivity index (χ0n) is 31.6. The number of aliphatic hydroxyl groups excluding tert-OH is 1. The molecule has 0 aliphatic rings. The Hall–Kier alpha value is -3.44. The van der Waals surface area contributed by atoms with Crippen LogP contribution in [0.2, 0.25) is 0 Å². The summed E-state index contributed by atoms with van der Waals surface area (Å²) in [7, 11) is 0.